The second-order valence-electron chi connectivity index (χ2n) is 6.31. The third-order valence-electron chi connectivity index (χ3n) is 4.15. The van der Waals surface area contributed by atoms with E-state index < -0.39 is 10.1 Å². The van der Waals surface area contributed by atoms with Gasteiger partial charge in [0, 0.05) is 17.7 Å². The van der Waals surface area contributed by atoms with Crippen molar-refractivity contribution in [2.45, 2.75) is 18.4 Å². The molecule has 0 saturated heterocycles. The van der Waals surface area contributed by atoms with E-state index in [1.165, 1.54) is 43.3 Å². The van der Waals surface area contributed by atoms with Gasteiger partial charge in [-0.15, -0.1) is 0 Å². The molecule has 0 aliphatic rings. The molecule has 0 saturated carbocycles. The lowest BCUT2D eigenvalue weighted by atomic mass is 10.2. The molecular weight excluding hydrogens is 390 g/mol. The number of amides is 1. The van der Waals surface area contributed by atoms with Crippen molar-refractivity contribution < 1.29 is 22.2 Å². The molecule has 3 aromatic carbocycles. The molecule has 0 radical (unpaired) electrons. The van der Waals surface area contributed by atoms with E-state index in [-0.39, 0.29) is 27.9 Å². The van der Waals surface area contributed by atoms with Crippen LogP contribution in [0.1, 0.15) is 33.2 Å². The molecule has 7 heteroatoms. The minimum absolute atomic E-state index is 0.0213. The van der Waals surface area contributed by atoms with Gasteiger partial charge in [-0.25, -0.2) is 0 Å². The SMILES string of the molecule is CC(=O)c1ccc(S(=O)(=O)Oc2cccc(C(=O)NCc3ccccc3)c2)cc1. The Morgan fingerprint density at radius 3 is 2.21 bits per heavy atom. The van der Waals surface area contributed by atoms with Gasteiger partial charge in [0.2, 0.25) is 0 Å². The average molecular weight is 409 g/mol. The van der Waals surface area contributed by atoms with Gasteiger partial charge >= 0.3 is 10.1 Å². The molecule has 3 rings (SSSR count). The Bertz CT molecular complexity index is 1120. The monoisotopic (exact) mass is 409 g/mol. The zero-order valence-corrected chi connectivity index (χ0v) is 16.5. The maximum atomic E-state index is 12.5. The highest BCUT2D eigenvalue weighted by atomic mass is 32.2. The Kier molecular flexibility index (Phi) is 6.09. The molecule has 148 valence electrons. The quantitative estimate of drug-likeness (QED) is 0.476. The molecule has 3 aromatic rings. The van der Waals surface area contributed by atoms with Crippen molar-refractivity contribution in [1.29, 1.82) is 0 Å². The van der Waals surface area contributed by atoms with Crippen LogP contribution in [0.2, 0.25) is 0 Å². The summed E-state index contributed by atoms with van der Waals surface area (Å²) >= 11 is 0. The van der Waals surface area contributed by atoms with Gasteiger partial charge in [-0.1, -0.05) is 48.5 Å². The summed E-state index contributed by atoms with van der Waals surface area (Å²) in [6.07, 6.45) is 0. The maximum Gasteiger partial charge on any atom is 0.339 e. The third-order valence-corrected chi connectivity index (χ3v) is 5.41. The lowest BCUT2D eigenvalue weighted by Crippen LogP contribution is -2.22. The number of ketones is 1. The van der Waals surface area contributed by atoms with Crippen LogP contribution in [-0.2, 0) is 16.7 Å². The molecule has 0 spiro atoms. The summed E-state index contributed by atoms with van der Waals surface area (Å²) in [6, 6.07) is 20.8. The van der Waals surface area contributed by atoms with Crippen molar-refractivity contribution in [3.63, 3.8) is 0 Å². The summed E-state index contributed by atoms with van der Waals surface area (Å²) in [5.41, 5.74) is 1.63. The number of carbonyl (C=O) groups is 2. The number of hydrogen-bond acceptors (Lipinski definition) is 5. The zero-order chi connectivity index (χ0) is 20.9. The third kappa shape index (κ3) is 5.30. The molecule has 29 heavy (non-hydrogen) atoms. The van der Waals surface area contributed by atoms with Crippen molar-refractivity contribution in [2.75, 3.05) is 0 Å². The molecule has 1 amide bonds. The number of Topliss-reactive ketones (excluding diaryl/α,β-unsaturated/α-hetero) is 1. The molecular formula is C22H19NO5S. The Morgan fingerprint density at radius 1 is 0.862 bits per heavy atom. The van der Waals surface area contributed by atoms with Crippen LogP contribution >= 0.6 is 0 Å². The fourth-order valence-corrected chi connectivity index (χ4v) is 3.52. The Hall–Kier alpha value is -3.45. The predicted octanol–water partition coefficient (Wildman–Crippen LogP) is 3.59. The number of benzene rings is 3. The lowest BCUT2D eigenvalue weighted by molar-refractivity contribution is 0.0949. The van der Waals surface area contributed by atoms with Crippen LogP contribution in [0.4, 0.5) is 0 Å². The van der Waals surface area contributed by atoms with E-state index in [4.69, 9.17) is 4.18 Å². The summed E-state index contributed by atoms with van der Waals surface area (Å²) < 4.78 is 30.1. The first-order valence-corrected chi connectivity index (χ1v) is 10.2. The van der Waals surface area contributed by atoms with Crippen molar-refractivity contribution in [2.24, 2.45) is 0 Å². The fraction of sp³-hybridized carbons (Fsp3) is 0.0909. The second kappa shape index (κ2) is 8.70. The van der Waals surface area contributed by atoms with Crippen molar-refractivity contribution in [1.82, 2.24) is 5.32 Å². The largest absolute Gasteiger partial charge is 0.379 e. The predicted molar refractivity (Wildman–Crippen MR) is 108 cm³/mol. The van der Waals surface area contributed by atoms with Crippen LogP contribution in [0.3, 0.4) is 0 Å². The summed E-state index contributed by atoms with van der Waals surface area (Å²) in [4.78, 5) is 23.6. The molecule has 0 aliphatic heterocycles. The van der Waals surface area contributed by atoms with Crippen molar-refractivity contribution in [3.05, 3.63) is 95.6 Å². The Morgan fingerprint density at radius 2 is 1.55 bits per heavy atom. The lowest BCUT2D eigenvalue weighted by Gasteiger charge is -2.09. The van der Waals surface area contributed by atoms with Gasteiger partial charge < -0.3 is 9.50 Å². The van der Waals surface area contributed by atoms with Gasteiger partial charge in [-0.2, -0.15) is 8.42 Å². The molecule has 0 atom stereocenters. The highest BCUT2D eigenvalue weighted by molar-refractivity contribution is 7.87. The van der Waals surface area contributed by atoms with Gasteiger partial charge in [0.25, 0.3) is 5.91 Å². The van der Waals surface area contributed by atoms with Crippen LogP contribution in [-0.4, -0.2) is 20.1 Å². The molecule has 0 heterocycles. The number of rotatable bonds is 7. The summed E-state index contributed by atoms with van der Waals surface area (Å²) in [5, 5.41) is 2.78. The van der Waals surface area contributed by atoms with Gasteiger partial charge in [-0.05, 0) is 42.8 Å². The topological polar surface area (TPSA) is 89.5 Å². The van der Waals surface area contributed by atoms with E-state index >= 15 is 0 Å². The molecule has 1 N–H and O–H groups in total. The molecule has 0 fully saturated rings. The Balaban J connectivity index is 1.71. The van der Waals surface area contributed by atoms with Crippen LogP contribution in [0.5, 0.6) is 5.75 Å². The van der Waals surface area contributed by atoms with Crippen LogP contribution < -0.4 is 9.50 Å². The first kappa shape index (κ1) is 20.3. The molecule has 0 bridgehead atoms. The standard InChI is InChI=1S/C22H19NO5S/c1-16(24)18-10-12-21(13-11-18)29(26,27)28-20-9-5-8-19(14-20)22(25)23-15-17-6-3-2-4-7-17/h2-14H,15H2,1H3,(H,23,25). The first-order chi connectivity index (χ1) is 13.8. The number of carbonyl (C=O) groups excluding carboxylic acids is 2. The highest BCUT2D eigenvalue weighted by Gasteiger charge is 2.18. The van der Waals surface area contributed by atoms with Crippen molar-refractivity contribution in [3.8, 4) is 5.75 Å². The number of nitrogens with one attached hydrogen (secondary N) is 1. The van der Waals surface area contributed by atoms with Gasteiger partial charge in [0.1, 0.15) is 10.6 Å². The van der Waals surface area contributed by atoms with Crippen LogP contribution in [0.15, 0.2) is 83.8 Å². The number of hydrogen-bond donors (Lipinski definition) is 1. The van der Waals surface area contributed by atoms with Crippen LogP contribution in [0.25, 0.3) is 0 Å². The zero-order valence-electron chi connectivity index (χ0n) is 15.7. The van der Waals surface area contributed by atoms with Gasteiger partial charge in [0.05, 0.1) is 0 Å². The maximum absolute atomic E-state index is 12.5. The first-order valence-electron chi connectivity index (χ1n) is 8.83. The average Bonchev–Trinajstić information content (AvgIpc) is 2.72. The van der Waals surface area contributed by atoms with Gasteiger partial charge in [-0.3, -0.25) is 9.59 Å². The highest BCUT2D eigenvalue weighted by Crippen LogP contribution is 2.20. The van der Waals surface area contributed by atoms with E-state index in [1.807, 2.05) is 30.3 Å². The normalized spacial score (nSPS) is 10.9. The molecule has 0 aliphatic carbocycles. The van der Waals surface area contributed by atoms with E-state index in [0.717, 1.165) is 5.56 Å². The summed E-state index contributed by atoms with van der Waals surface area (Å²) in [5.74, 6) is -0.486. The van der Waals surface area contributed by atoms with E-state index in [0.29, 0.717) is 12.1 Å². The fourth-order valence-electron chi connectivity index (χ4n) is 2.60. The van der Waals surface area contributed by atoms with Crippen molar-refractivity contribution >= 4 is 21.8 Å². The second-order valence-corrected chi connectivity index (χ2v) is 7.86. The smallest absolute Gasteiger partial charge is 0.339 e. The molecule has 6 nitrogen and oxygen atoms in total. The van der Waals surface area contributed by atoms with E-state index in [1.54, 1.807) is 12.1 Å². The molecule has 0 aromatic heterocycles. The Labute approximate surface area is 169 Å². The van der Waals surface area contributed by atoms with E-state index in [9.17, 15) is 18.0 Å². The van der Waals surface area contributed by atoms with Crippen LogP contribution in [0, 0.1) is 0 Å². The summed E-state index contributed by atoms with van der Waals surface area (Å²) in [7, 11) is -4.10. The molecule has 0 unspecified atom stereocenters. The van der Waals surface area contributed by atoms with Gasteiger partial charge in [0.15, 0.2) is 5.78 Å². The summed E-state index contributed by atoms with van der Waals surface area (Å²) in [6.45, 7) is 1.75. The minimum Gasteiger partial charge on any atom is -0.379 e. The minimum atomic E-state index is -4.10. The van der Waals surface area contributed by atoms with E-state index in [2.05, 4.69) is 5.32 Å².